The lowest BCUT2D eigenvalue weighted by Crippen LogP contribution is -2.38. The second kappa shape index (κ2) is 6.81. The number of morpholine rings is 1. The van der Waals surface area contributed by atoms with E-state index in [0.29, 0.717) is 11.8 Å². The van der Waals surface area contributed by atoms with E-state index in [1.165, 1.54) is 0 Å². The Morgan fingerprint density at radius 3 is 2.83 bits per heavy atom. The van der Waals surface area contributed by atoms with Crippen LogP contribution in [0.5, 0.6) is 0 Å². The summed E-state index contributed by atoms with van der Waals surface area (Å²) in [5.41, 5.74) is 2.12. The largest absolute Gasteiger partial charge is 0.368 e. The highest BCUT2D eigenvalue weighted by molar-refractivity contribution is 7.09. The number of nitrogens with zero attached hydrogens (tertiary/aromatic N) is 4. The van der Waals surface area contributed by atoms with E-state index in [0.717, 1.165) is 36.0 Å². The number of thiazole rings is 1. The van der Waals surface area contributed by atoms with Crippen molar-refractivity contribution in [2.75, 3.05) is 19.7 Å². The molecule has 0 radical (unpaired) electrons. The molecule has 1 aliphatic rings. The highest BCUT2D eigenvalue weighted by atomic mass is 35.5. The van der Waals surface area contributed by atoms with E-state index in [-0.39, 0.29) is 11.5 Å². The molecule has 0 N–H and O–H groups in total. The average Bonchev–Trinajstić information content (AvgIpc) is 3.00. The van der Waals surface area contributed by atoms with Crippen LogP contribution in [0.3, 0.4) is 0 Å². The van der Waals surface area contributed by atoms with Crippen molar-refractivity contribution in [2.45, 2.75) is 38.8 Å². The SMILES string of the molecule is CC(C)(C)c1csc([C@@H]2CN(Cc3cnc(Cl)cn3)CCO2)n1. The minimum absolute atomic E-state index is 0.0325. The Kier molecular flexibility index (Phi) is 4.96. The zero-order valence-corrected chi connectivity index (χ0v) is 15.2. The first-order valence-electron chi connectivity index (χ1n) is 7.68. The normalized spacial score (nSPS) is 19.9. The van der Waals surface area contributed by atoms with E-state index in [1.54, 1.807) is 23.7 Å². The third-order valence-electron chi connectivity index (χ3n) is 3.78. The van der Waals surface area contributed by atoms with Crippen LogP contribution in [0.2, 0.25) is 5.15 Å². The molecule has 2 aromatic rings. The highest BCUT2D eigenvalue weighted by Gasteiger charge is 2.26. The maximum Gasteiger partial charge on any atom is 0.147 e. The van der Waals surface area contributed by atoms with Crippen LogP contribution in [0.15, 0.2) is 17.8 Å². The molecule has 5 nitrogen and oxygen atoms in total. The van der Waals surface area contributed by atoms with Crippen molar-refractivity contribution in [3.8, 4) is 0 Å². The lowest BCUT2D eigenvalue weighted by molar-refractivity contribution is -0.0334. The van der Waals surface area contributed by atoms with E-state index >= 15 is 0 Å². The van der Waals surface area contributed by atoms with Crippen molar-refractivity contribution in [1.82, 2.24) is 19.9 Å². The summed E-state index contributed by atoms with van der Waals surface area (Å²) in [7, 11) is 0. The van der Waals surface area contributed by atoms with Crippen molar-refractivity contribution >= 4 is 22.9 Å². The van der Waals surface area contributed by atoms with Gasteiger partial charge in [0.1, 0.15) is 16.3 Å². The fourth-order valence-electron chi connectivity index (χ4n) is 2.43. The van der Waals surface area contributed by atoms with Gasteiger partial charge < -0.3 is 4.74 Å². The fourth-order valence-corrected chi connectivity index (χ4v) is 3.61. The molecule has 0 unspecified atom stereocenters. The number of aromatic nitrogens is 3. The molecule has 2 aromatic heterocycles. The second-order valence-corrected chi connectivity index (χ2v) is 8.02. The van der Waals surface area contributed by atoms with Gasteiger partial charge in [0.25, 0.3) is 0 Å². The molecule has 0 aliphatic carbocycles. The van der Waals surface area contributed by atoms with Crippen LogP contribution in [0.1, 0.15) is 43.3 Å². The van der Waals surface area contributed by atoms with Crippen LogP contribution in [-0.2, 0) is 16.7 Å². The van der Waals surface area contributed by atoms with Gasteiger partial charge in [-0.15, -0.1) is 11.3 Å². The van der Waals surface area contributed by atoms with Crippen molar-refractivity contribution < 1.29 is 4.74 Å². The Morgan fingerprint density at radius 2 is 2.17 bits per heavy atom. The molecule has 1 atom stereocenters. The Labute approximate surface area is 145 Å². The predicted molar refractivity (Wildman–Crippen MR) is 91.8 cm³/mol. The van der Waals surface area contributed by atoms with Crippen molar-refractivity contribution in [1.29, 1.82) is 0 Å². The summed E-state index contributed by atoms with van der Waals surface area (Å²) in [5, 5.41) is 3.62. The van der Waals surface area contributed by atoms with Crippen LogP contribution in [-0.4, -0.2) is 39.5 Å². The average molecular weight is 353 g/mol. The zero-order chi connectivity index (χ0) is 16.4. The van der Waals surface area contributed by atoms with E-state index in [2.05, 4.69) is 41.0 Å². The van der Waals surface area contributed by atoms with Crippen LogP contribution in [0.25, 0.3) is 0 Å². The third kappa shape index (κ3) is 4.26. The summed E-state index contributed by atoms with van der Waals surface area (Å²) in [4.78, 5) is 15.5. The minimum atomic E-state index is 0.0325. The summed E-state index contributed by atoms with van der Waals surface area (Å²) >= 11 is 7.47. The van der Waals surface area contributed by atoms with Gasteiger partial charge in [0.2, 0.25) is 0 Å². The first kappa shape index (κ1) is 16.8. The maximum atomic E-state index is 5.93. The first-order valence-corrected chi connectivity index (χ1v) is 8.94. The van der Waals surface area contributed by atoms with E-state index in [1.807, 2.05) is 0 Å². The summed E-state index contributed by atoms with van der Waals surface area (Å²) in [6.45, 7) is 9.70. The molecule has 0 saturated carbocycles. The van der Waals surface area contributed by atoms with Crippen LogP contribution < -0.4 is 0 Å². The standard InChI is InChI=1S/C16H21ClN4OS/c1-16(2,3)13-10-23-15(20-13)12-9-21(4-5-22-12)8-11-6-19-14(17)7-18-11/h6-7,10,12H,4-5,8-9H2,1-3H3/t12-/m0/s1. The molecule has 0 bridgehead atoms. The molecule has 3 rings (SSSR count). The summed E-state index contributed by atoms with van der Waals surface area (Å²) in [5.74, 6) is 0. The number of halogens is 1. The highest BCUT2D eigenvalue weighted by Crippen LogP contribution is 2.30. The Hall–Kier alpha value is -1.08. The molecule has 0 aromatic carbocycles. The monoisotopic (exact) mass is 352 g/mol. The van der Waals surface area contributed by atoms with Gasteiger partial charge in [-0.25, -0.2) is 9.97 Å². The molecule has 7 heteroatoms. The summed E-state index contributed by atoms with van der Waals surface area (Å²) in [6.07, 6.45) is 3.35. The summed E-state index contributed by atoms with van der Waals surface area (Å²) in [6, 6.07) is 0. The van der Waals surface area contributed by atoms with E-state index in [9.17, 15) is 0 Å². The number of hydrogen-bond acceptors (Lipinski definition) is 6. The van der Waals surface area contributed by atoms with Crippen LogP contribution >= 0.6 is 22.9 Å². The van der Waals surface area contributed by atoms with Gasteiger partial charge in [-0.3, -0.25) is 9.88 Å². The van der Waals surface area contributed by atoms with Crippen molar-refractivity contribution in [3.63, 3.8) is 0 Å². The Balaban J connectivity index is 1.66. The number of hydrogen-bond donors (Lipinski definition) is 0. The maximum absolute atomic E-state index is 5.93. The smallest absolute Gasteiger partial charge is 0.147 e. The van der Waals surface area contributed by atoms with Crippen LogP contribution in [0.4, 0.5) is 0 Å². The molecule has 124 valence electrons. The van der Waals surface area contributed by atoms with Gasteiger partial charge in [0.15, 0.2) is 0 Å². The second-order valence-electron chi connectivity index (χ2n) is 6.75. The Bertz CT molecular complexity index is 653. The lowest BCUT2D eigenvalue weighted by atomic mass is 9.93. The van der Waals surface area contributed by atoms with Gasteiger partial charge in [-0.1, -0.05) is 32.4 Å². The van der Waals surface area contributed by atoms with Gasteiger partial charge >= 0.3 is 0 Å². The quantitative estimate of drug-likeness (QED) is 0.846. The third-order valence-corrected chi connectivity index (χ3v) is 4.91. The zero-order valence-electron chi connectivity index (χ0n) is 13.6. The molecular formula is C16H21ClN4OS. The van der Waals surface area contributed by atoms with Gasteiger partial charge in [0.05, 0.1) is 30.4 Å². The Morgan fingerprint density at radius 1 is 1.35 bits per heavy atom. The molecule has 23 heavy (non-hydrogen) atoms. The fraction of sp³-hybridized carbons (Fsp3) is 0.562. The topological polar surface area (TPSA) is 51.1 Å². The molecule has 1 fully saturated rings. The minimum Gasteiger partial charge on any atom is -0.368 e. The van der Waals surface area contributed by atoms with E-state index < -0.39 is 0 Å². The molecule has 1 aliphatic heterocycles. The number of rotatable bonds is 3. The molecular weight excluding hydrogens is 332 g/mol. The summed E-state index contributed by atoms with van der Waals surface area (Å²) < 4.78 is 5.93. The molecule has 3 heterocycles. The lowest BCUT2D eigenvalue weighted by Gasteiger charge is -2.31. The molecule has 1 saturated heterocycles. The van der Waals surface area contributed by atoms with Gasteiger partial charge in [0, 0.05) is 30.4 Å². The molecule has 0 amide bonds. The van der Waals surface area contributed by atoms with Crippen molar-refractivity contribution in [3.05, 3.63) is 39.3 Å². The van der Waals surface area contributed by atoms with Gasteiger partial charge in [-0.2, -0.15) is 0 Å². The first-order chi connectivity index (χ1) is 10.9. The predicted octanol–water partition coefficient (Wildman–Crippen LogP) is 3.46. The van der Waals surface area contributed by atoms with E-state index in [4.69, 9.17) is 21.3 Å². The van der Waals surface area contributed by atoms with Crippen molar-refractivity contribution in [2.24, 2.45) is 0 Å². The molecule has 0 spiro atoms. The number of ether oxygens (including phenoxy) is 1. The van der Waals surface area contributed by atoms with Crippen LogP contribution in [0, 0.1) is 0 Å². The van der Waals surface area contributed by atoms with Gasteiger partial charge in [-0.05, 0) is 0 Å².